The molecule has 3 aromatic heterocycles. The molecule has 3 heterocycles. The Kier molecular flexibility index (Phi) is 4.20. The maximum atomic E-state index is 4.44. The molecule has 0 bridgehead atoms. The average Bonchev–Trinajstić information content (AvgIpc) is 3.15. The van der Waals surface area contributed by atoms with Crippen LogP contribution in [0.5, 0.6) is 0 Å². The Morgan fingerprint density at radius 3 is 2.95 bits per heavy atom. The van der Waals surface area contributed by atoms with E-state index in [9.17, 15) is 0 Å². The van der Waals surface area contributed by atoms with Crippen LogP contribution in [0.1, 0.15) is 10.7 Å². The standard InChI is InChI=1S/C15H16N4S/c1-2-7-17-12(4-1)6-9-16-11-15-19-10-14(20-15)13-5-3-8-18-13/h1-5,7-8,10,16,18H,6,9,11H2. The van der Waals surface area contributed by atoms with E-state index in [2.05, 4.69) is 32.4 Å². The highest BCUT2D eigenvalue weighted by atomic mass is 32.1. The van der Waals surface area contributed by atoms with Gasteiger partial charge in [0.15, 0.2) is 0 Å². The van der Waals surface area contributed by atoms with Crippen LogP contribution >= 0.6 is 11.3 Å². The van der Waals surface area contributed by atoms with Gasteiger partial charge >= 0.3 is 0 Å². The third-order valence-corrected chi connectivity index (χ3v) is 4.01. The van der Waals surface area contributed by atoms with Crippen LogP contribution in [-0.4, -0.2) is 21.5 Å². The van der Waals surface area contributed by atoms with Crippen molar-refractivity contribution in [3.63, 3.8) is 0 Å². The highest BCUT2D eigenvalue weighted by Crippen LogP contribution is 2.24. The Bertz CT molecular complexity index is 631. The zero-order valence-corrected chi connectivity index (χ0v) is 11.9. The number of hydrogen-bond donors (Lipinski definition) is 2. The van der Waals surface area contributed by atoms with E-state index in [1.807, 2.05) is 36.8 Å². The highest BCUT2D eigenvalue weighted by Gasteiger charge is 2.04. The van der Waals surface area contributed by atoms with Crippen LogP contribution in [0.4, 0.5) is 0 Å². The molecule has 0 atom stereocenters. The van der Waals surface area contributed by atoms with Gasteiger partial charge in [0.25, 0.3) is 0 Å². The molecule has 102 valence electrons. The van der Waals surface area contributed by atoms with E-state index in [-0.39, 0.29) is 0 Å². The van der Waals surface area contributed by atoms with Gasteiger partial charge in [-0.05, 0) is 24.3 Å². The second-order valence-electron chi connectivity index (χ2n) is 4.45. The van der Waals surface area contributed by atoms with Crippen LogP contribution in [-0.2, 0) is 13.0 Å². The lowest BCUT2D eigenvalue weighted by atomic mass is 10.3. The van der Waals surface area contributed by atoms with Gasteiger partial charge in [-0.3, -0.25) is 4.98 Å². The van der Waals surface area contributed by atoms with Crippen molar-refractivity contribution in [1.29, 1.82) is 0 Å². The average molecular weight is 284 g/mol. The Morgan fingerprint density at radius 1 is 1.15 bits per heavy atom. The van der Waals surface area contributed by atoms with Gasteiger partial charge in [-0.15, -0.1) is 11.3 Å². The first-order valence-corrected chi connectivity index (χ1v) is 7.42. The molecule has 0 saturated heterocycles. The van der Waals surface area contributed by atoms with Crippen molar-refractivity contribution >= 4 is 11.3 Å². The predicted octanol–water partition coefficient (Wildman–Crippen LogP) is 2.87. The molecule has 0 aromatic carbocycles. The van der Waals surface area contributed by atoms with Crippen molar-refractivity contribution < 1.29 is 0 Å². The van der Waals surface area contributed by atoms with Crippen molar-refractivity contribution in [3.05, 3.63) is 59.6 Å². The van der Waals surface area contributed by atoms with Crippen LogP contribution in [0.3, 0.4) is 0 Å². The summed E-state index contributed by atoms with van der Waals surface area (Å²) in [7, 11) is 0. The van der Waals surface area contributed by atoms with Crippen molar-refractivity contribution in [2.75, 3.05) is 6.54 Å². The lowest BCUT2D eigenvalue weighted by Gasteiger charge is -2.01. The van der Waals surface area contributed by atoms with Gasteiger partial charge in [0.1, 0.15) is 5.01 Å². The fourth-order valence-electron chi connectivity index (χ4n) is 1.96. The summed E-state index contributed by atoms with van der Waals surface area (Å²) >= 11 is 1.72. The molecule has 2 N–H and O–H groups in total. The van der Waals surface area contributed by atoms with Crippen molar-refractivity contribution in [1.82, 2.24) is 20.3 Å². The number of aromatic nitrogens is 3. The van der Waals surface area contributed by atoms with E-state index in [1.165, 1.54) is 4.88 Å². The van der Waals surface area contributed by atoms with E-state index >= 15 is 0 Å². The van der Waals surface area contributed by atoms with E-state index in [4.69, 9.17) is 0 Å². The maximum Gasteiger partial charge on any atom is 0.107 e. The number of nitrogens with one attached hydrogen (secondary N) is 2. The molecule has 0 radical (unpaired) electrons. The first-order chi connectivity index (χ1) is 9.92. The lowest BCUT2D eigenvalue weighted by Crippen LogP contribution is -2.16. The molecular weight excluding hydrogens is 268 g/mol. The third kappa shape index (κ3) is 3.31. The molecule has 0 spiro atoms. The van der Waals surface area contributed by atoms with Gasteiger partial charge < -0.3 is 10.3 Å². The van der Waals surface area contributed by atoms with Crippen molar-refractivity contribution in [2.24, 2.45) is 0 Å². The molecule has 3 aromatic rings. The maximum absolute atomic E-state index is 4.44. The largest absolute Gasteiger partial charge is 0.360 e. The van der Waals surface area contributed by atoms with Gasteiger partial charge in [0.05, 0.1) is 10.6 Å². The summed E-state index contributed by atoms with van der Waals surface area (Å²) in [5.41, 5.74) is 2.24. The minimum absolute atomic E-state index is 0.804. The smallest absolute Gasteiger partial charge is 0.107 e. The number of pyridine rings is 1. The molecule has 5 heteroatoms. The van der Waals surface area contributed by atoms with Gasteiger partial charge in [-0.2, -0.15) is 0 Å². The molecule has 0 fully saturated rings. The van der Waals surface area contributed by atoms with E-state index < -0.39 is 0 Å². The zero-order valence-electron chi connectivity index (χ0n) is 11.0. The molecule has 0 amide bonds. The number of nitrogens with zero attached hydrogens (tertiary/aromatic N) is 2. The van der Waals surface area contributed by atoms with Crippen LogP contribution in [0.2, 0.25) is 0 Å². The van der Waals surface area contributed by atoms with E-state index in [0.29, 0.717) is 0 Å². The summed E-state index contributed by atoms with van der Waals surface area (Å²) < 4.78 is 0. The van der Waals surface area contributed by atoms with Crippen molar-refractivity contribution in [3.8, 4) is 10.6 Å². The van der Waals surface area contributed by atoms with Gasteiger partial charge in [-0.1, -0.05) is 6.07 Å². The van der Waals surface area contributed by atoms with Crippen LogP contribution in [0, 0.1) is 0 Å². The molecule has 0 unspecified atom stereocenters. The summed E-state index contributed by atoms with van der Waals surface area (Å²) in [6.07, 6.45) is 6.63. The summed E-state index contributed by atoms with van der Waals surface area (Å²) in [5, 5.41) is 4.51. The minimum atomic E-state index is 0.804. The molecule has 0 saturated carbocycles. The first kappa shape index (κ1) is 13.0. The second kappa shape index (κ2) is 6.45. The second-order valence-corrected chi connectivity index (χ2v) is 5.57. The third-order valence-electron chi connectivity index (χ3n) is 2.98. The number of thiazole rings is 1. The predicted molar refractivity (Wildman–Crippen MR) is 81.5 cm³/mol. The quantitative estimate of drug-likeness (QED) is 0.684. The van der Waals surface area contributed by atoms with Crippen LogP contribution < -0.4 is 5.32 Å². The Morgan fingerprint density at radius 2 is 2.15 bits per heavy atom. The molecular formula is C15H16N4S. The molecule has 0 aliphatic rings. The molecule has 3 rings (SSSR count). The molecule has 4 nitrogen and oxygen atoms in total. The van der Waals surface area contributed by atoms with E-state index in [0.717, 1.165) is 35.9 Å². The normalized spacial score (nSPS) is 10.8. The Labute approximate surface area is 121 Å². The molecule has 0 aliphatic heterocycles. The number of H-pyrrole nitrogens is 1. The van der Waals surface area contributed by atoms with Crippen molar-refractivity contribution in [2.45, 2.75) is 13.0 Å². The van der Waals surface area contributed by atoms with Gasteiger partial charge in [-0.25, -0.2) is 4.98 Å². The van der Waals surface area contributed by atoms with Crippen LogP contribution in [0.15, 0.2) is 48.9 Å². The highest BCUT2D eigenvalue weighted by molar-refractivity contribution is 7.15. The first-order valence-electron chi connectivity index (χ1n) is 6.61. The fourth-order valence-corrected chi connectivity index (χ4v) is 2.83. The van der Waals surface area contributed by atoms with E-state index in [1.54, 1.807) is 11.3 Å². The monoisotopic (exact) mass is 284 g/mol. The fraction of sp³-hybridized carbons (Fsp3) is 0.200. The number of hydrogen-bond acceptors (Lipinski definition) is 4. The molecule has 20 heavy (non-hydrogen) atoms. The van der Waals surface area contributed by atoms with Gasteiger partial charge in [0, 0.05) is 43.8 Å². The summed E-state index contributed by atoms with van der Waals surface area (Å²) in [6.45, 7) is 1.71. The Hall–Kier alpha value is -1.98. The number of aromatic amines is 1. The topological polar surface area (TPSA) is 53.6 Å². The summed E-state index contributed by atoms with van der Waals surface area (Å²) in [6, 6.07) is 10.1. The zero-order chi connectivity index (χ0) is 13.6. The summed E-state index contributed by atoms with van der Waals surface area (Å²) in [4.78, 5) is 13.1. The van der Waals surface area contributed by atoms with Crippen LogP contribution in [0.25, 0.3) is 10.6 Å². The summed E-state index contributed by atoms with van der Waals surface area (Å²) in [5.74, 6) is 0. The lowest BCUT2D eigenvalue weighted by molar-refractivity contribution is 0.677. The van der Waals surface area contributed by atoms with Gasteiger partial charge in [0.2, 0.25) is 0 Å². The Balaban J connectivity index is 1.47. The molecule has 0 aliphatic carbocycles. The minimum Gasteiger partial charge on any atom is -0.360 e. The number of rotatable bonds is 6. The SMILES string of the molecule is c1ccc(CCNCc2ncc(-c3ccc[nH]3)s2)nc1.